The summed E-state index contributed by atoms with van der Waals surface area (Å²) >= 11 is 6.49. The molecular formula is C21H29ClN4O2. The number of hydrogen-bond donors (Lipinski definition) is 0. The van der Waals surface area contributed by atoms with Crippen molar-refractivity contribution in [3.05, 3.63) is 22.8 Å². The number of aromatic nitrogens is 1. The van der Waals surface area contributed by atoms with E-state index in [0.29, 0.717) is 35.4 Å². The first kappa shape index (κ1) is 19.5. The van der Waals surface area contributed by atoms with Gasteiger partial charge >= 0.3 is 0 Å². The molecule has 4 rings (SSSR count). The lowest BCUT2D eigenvalue weighted by atomic mass is 10.1. The fourth-order valence-electron chi connectivity index (χ4n) is 4.63. The highest BCUT2D eigenvalue weighted by atomic mass is 35.5. The van der Waals surface area contributed by atoms with Crippen molar-refractivity contribution >= 4 is 29.2 Å². The maximum Gasteiger partial charge on any atom is 0.255 e. The second-order valence-corrected chi connectivity index (χ2v) is 8.58. The number of amides is 2. The smallest absolute Gasteiger partial charge is 0.255 e. The van der Waals surface area contributed by atoms with Crippen molar-refractivity contribution in [3.63, 3.8) is 0 Å². The van der Waals surface area contributed by atoms with Gasteiger partial charge in [-0.1, -0.05) is 24.4 Å². The molecule has 3 heterocycles. The van der Waals surface area contributed by atoms with Crippen LogP contribution in [0, 0.1) is 5.92 Å². The summed E-state index contributed by atoms with van der Waals surface area (Å²) in [5.41, 5.74) is 0.561. The van der Waals surface area contributed by atoms with E-state index in [4.69, 9.17) is 11.6 Å². The zero-order valence-corrected chi connectivity index (χ0v) is 17.2. The van der Waals surface area contributed by atoms with Gasteiger partial charge in [0.2, 0.25) is 5.91 Å². The van der Waals surface area contributed by atoms with Crippen LogP contribution in [0.1, 0.15) is 55.3 Å². The highest BCUT2D eigenvalue weighted by Crippen LogP contribution is 2.29. The van der Waals surface area contributed by atoms with Gasteiger partial charge in [-0.25, -0.2) is 4.98 Å². The number of rotatable bonds is 3. The Bertz CT molecular complexity index is 721. The topological polar surface area (TPSA) is 56.8 Å². The lowest BCUT2D eigenvalue weighted by Crippen LogP contribution is -2.50. The largest absolute Gasteiger partial charge is 0.352 e. The van der Waals surface area contributed by atoms with Crippen molar-refractivity contribution in [1.82, 2.24) is 14.8 Å². The van der Waals surface area contributed by atoms with E-state index in [9.17, 15) is 9.59 Å². The molecule has 1 aromatic heterocycles. The summed E-state index contributed by atoms with van der Waals surface area (Å²) < 4.78 is 0. The molecule has 1 aliphatic carbocycles. The number of nitrogens with zero attached hydrogens (tertiary/aromatic N) is 4. The van der Waals surface area contributed by atoms with Crippen molar-refractivity contribution in [2.75, 3.05) is 44.2 Å². The van der Waals surface area contributed by atoms with E-state index < -0.39 is 0 Å². The SMILES string of the molecule is O=C(c1cnc(N2CCN(C(=O)C3CCCC3)CC2)c(Cl)c1)N1CCCCC1. The van der Waals surface area contributed by atoms with Crippen molar-refractivity contribution < 1.29 is 9.59 Å². The van der Waals surface area contributed by atoms with Gasteiger partial charge in [0, 0.05) is 51.4 Å². The van der Waals surface area contributed by atoms with E-state index in [1.54, 1.807) is 12.3 Å². The summed E-state index contributed by atoms with van der Waals surface area (Å²) in [5, 5.41) is 0.512. The summed E-state index contributed by atoms with van der Waals surface area (Å²) in [6, 6.07) is 1.75. The minimum atomic E-state index is 0.0210. The van der Waals surface area contributed by atoms with Crippen LogP contribution in [-0.4, -0.2) is 65.9 Å². The van der Waals surface area contributed by atoms with Gasteiger partial charge in [-0.2, -0.15) is 0 Å². The fourth-order valence-corrected chi connectivity index (χ4v) is 4.92. The average molecular weight is 405 g/mol. The Labute approximate surface area is 171 Å². The Morgan fingerprint density at radius 3 is 2.21 bits per heavy atom. The van der Waals surface area contributed by atoms with Crippen LogP contribution < -0.4 is 4.90 Å². The number of carbonyl (C=O) groups is 2. The number of anilines is 1. The third-order valence-electron chi connectivity index (χ3n) is 6.31. The number of pyridine rings is 1. The van der Waals surface area contributed by atoms with E-state index in [1.165, 1.54) is 19.3 Å². The molecule has 0 atom stereocenters. The van der Waals surface area contributed by atoms with Gasteiger partial charge in [-0.15, -0.1) is 0 Å². The van der Waals surface area contributed by atoms with Crippen LogP contribution >= 0.6 is 11.6 Å². The molecular weight excluding hydrogens is 376 g/mol. The minimum absolute atomic E-state index is 0.0210. The zero-order valence-electron chi connectivity index (χ0n) is 16.4. The van der Waals surface area contributed by atoms with Crippen LogP contribution in [0.15, 0.2) is 12.3 Å². The first-order valence-corrected chi connectivity index (χ1v) is 11.0. The first-order valence-electron chi connectivity index (χ1n) is 10.6. The summed E-state index contributed by atoms with van der Waals surface area (Å²) in [6.07, 6.45) is 9.41. The number of hydrogen-bond acceptors (Lipinski definition) is 4. The van der Waals surface area contributed by atoms with Gasteiger partial charge in [0.25, 0.3) is 5.91 Å². The van der Waals surface area contributed by atoms with Crippen LogP contribution in [0.4, 0.5) is 5.82 Å². The summed E-state index contributed by atoms with van der Waals surface area (Å²) in [4.78, 5) is 35.8. The number of carbonyl (C=O) groups excluding carboxylic acids is 2. The van der Waals surface area contributed by atoms with Crippen LogP contribution in [0.3, 0.4) is 0 Å². The predicted molar refractivity (Wildman–Crippen MR) is 110 cm³/mol. The molecule has 1 saturated carbocycles. The van der Waals surface area contributed by atoms with Gasteiger partial charge < -0.3 is 14.7 Å². The third kappa shape index (κ3) is 4.12. The number of likely N-dealkylation sites (tertiary alicyclic amines) is 1. The lowest BCUT2D eigenvalue weighted by Gasteiger charge is -2.37. The molecule has 7 heteroatoms. The molecule has 1 aromatic rings. The molecule has 2 amide bonds. The monoisotopic (exact) mass is 404 g/mol. The first-order chi connectivity index (χ1) is 13.6. The molecule has 0 spiro atoms. The minimum Gasteiger partial charge on any atom is -0.352 e. The molecule has 6 nitrogen and oxygen atoms in total. The van der Waals surface area contributed by atoms with E-state index in [1.807, 2.05) is 9.80 Å². The summed E-state index contributed by atoms with van der Waals surface area (Å²) in [7, 11) is 0. The quantitative estimate of drug-likeness (QED) is 0.776. The second kappa shape index (κ2) is 8.68. The number of piperidine rings is 1. The lowest BCUT2D eigenvalue weighted by molar-refractivity contribution is -0.135. The predicted octanol–water partition coefficient (Wildman–Crippen LogP) is 3.20. The third-order valence-corrected chi connectivity index (χ3v) is 6.59. The molecule has 2 saturated heterocycles. The molecule has 3 aliphatic rings. The van der Waals surface area contributed by atoms with E-state index in [0.717, 1.165) is 51.9 Å². The van der Waals surface area contributed by atoms with Crippen LogP contribution in [0.25, 0.3) is 0 Å². The van der Waals surface area contributed by atoms with Crippen LogP contribution in [-0.2, 0) is 4.79 Å². The molecule has 0 aromatic carbocycles. The maximum atomic E-state index is 12.7. The number of halogens is 1. The summed E-state index contributed by atoms with van der Waals surface area (Å²) in [5.74, 6) is 1.28. The van der Waals surface area contributed by atoms with Crippen molar-refractivity contribution in [1.29, 1.82) is 0 Å². The van der Waals surface area contributed by atoms with Crippen molar-refractivity contribution in [2.45, 2.75) is 44.9 Å². The highest BCUT2D eigenvalue weighted by molar-refractivity contribution is 6.33. The van der Waals surface area contributed by atoms with Gasteiger partial charge in [0.15, 0.2) is 0 Å². The molecule has 152 valence electrons. The molecule has 0 N–H and O–H groups in total. The van der Waals surface area contributed by atoms with Crippen LogP contribution in [0.5, 0.6) is 0 Å². The molecule has 0 unspecified atom stereocenters. The maximum absolute atomic E-state index is 12.7. The standard InChI is InChI=1S/C21H29ClN4O2/c22-18-14-17(21(28)25-8-4-1-5-9-25)15-23-19(18)24-10-12-26(13-11-24)20(27)16-6-2-3-7-16/h14-16H,1-13H2. The normalized spacial score (nSPS) is 21.2. The molecule has 0 radical (unpaired) electrons. The van der Waals surface area contributed by atoms with E-state index in [-0.39, 0.29) is 11.8 Å². The summed E-state index contributed by atoms with van der Waals surface area (Å²) in [6.45, 7) is 4.50. The van der Waals surface area contributed by atoms with E-state index >= 15 is 0 Å². The van der Waals surface area contributed by atoms with Gasteiger partial charge in [0.1, 0.15) is 5.82 Å². The fraction of sp³-hybridized carbons (Fsp3) is 0.667. The molecule has 0 bridgehead atoms. The number of piperazine rings is 1. The van der Waals surface area contributed by atoms with Crippen LogP contribution in [0.2, 0.25) is 5.02 Å². The van der Waals surface area contributed by atoms with Gasteiger partial charge in [-0.05, 0) is 38.2 Å². The zero-order chi connectivity index (χ0) is 19.5. The molecule has 3 fully saturated rings. The highest BCUT2D eigenvalue weighted by Gasteiger charge is 2.30. The second-order valence-electron chi connectivity index (χ2n) is 8.18. The molecule has 28 heavy (non-hydrogen) atoms. The Morgan fingerprint density at radius 2 is 1.57 bits per heavy atom. The van der Waals surface area contributed by atoms with Crippen molar-refractivity contribution in [2.24, 2.45) is 5.92 Å². The van der Waals surface area contributed by atoms with Gasteiger partial charge in [0.05, 0.1) is 10.6 Å². The van der Waals surface area contributed by atoms with Crippen molar-refractivity contribution in [3.8, 4) is 0 Å². The Morgan fingerprint density at radius 1 is 0.893 bits per heavy atom. The average Bonchev–Trinajstić information content (AvgIpc) is 3.28. The Balaban J connectivity index is 1.37. The van der Waals surface area contributed by atoms with E-state index in [2.05, 4.69) is 9.88 Å². The Hall–Kier alpha value is -1.82. The van der Waals surface area contributed by atoms with Gasteiger partial charge in [-0.3, -0.25) is 9.59 Å². The molecule has 2 aliphatic heterocycles. The Kier molecular flexibility index (Phi) is 6.04.